The predicted octanol–water partition coefficient (Wildman–Crippen LogP) is 3.06. The van der Waals surface area contributed by atoms with Gasteiger partial charge in [-0.3, -0.25) is 0 Å². The lowest BCUT2D eigenvalue weighted by Gasteiger charge is -2.19. The third kappa shape index (κ3) is 5.48. The van der Waals surface area contributed by atoms with Crippen molar-refractivity contribution >= 4 is 17.6 Å². The van der Waals surface area contributed by atoms with Gasteiger partial charge in [-0.1, -0.05) is 23.8 Å². The van der Waals surface area contributed by atoms with Gasteiger partial charge in [0.25, 0.3) is 0 Å². The summed E-state index contributed by atoms with van der Waals surface area (Å²) in [5.41, 5.74) is 0. The molecule has 0 saturated carbocycles. The van der Waals surface area contributed by atoms with Crippen molar-refractivity contribution in [3.05, 3.63) is 54.6 Å². The molecule has 1 aromatic rings. The number of amides is 2. The summed E-state index contributed by atoms with van der Waals surface area (Å²) in [5.74, 6) is 0.642. The second kappa shape index (κ2) is 8.21. The maximum atomic E-state index is 11.8. The van der Waals surface area contributed by atoms with Crippen LogP contribution in [0.5, 0.6) is 5.75 Å². The maximum Gasteiger partial charge on any atom is 0.320 e. The highest BCUT2D eigenvalue weighted by atomic mass is 35.5. The third-order valence-electron chi connectivity index (χ3n) is 2.26. The first-order chi connectivity index (χ1) is 9.17. The largest absolute Gasteiger partial charge is 0.473 e. The van der Waals surface area contributed by atoms with E-state index < -0.39 is 0 Å². The normalized spacial score (nSPS) is 9.53. The Morgan fingerprint density at radius 3 is 2.37 bits per heavy atom. The topological polar surface area (TPSA) is 41.6 Å². The zero-order chi connectivity index (χ0) is 14.1. The summed E-state index contributed by atoms with van der Waals surface area (Å²) >= 11 is 5.76. The van der Waals surface area contributed by atoms with Crippen LogP contribution in [0.15, 0.2) is 49.6 Å². The van der Waals surface area contributed by atoms with Gasteiger partial charge in [0, 0.05) is 18.1 Å². The summed E-state index contributed by atoms with van der Waals surface area (Å²) in [6, 6.07) is 6.69. The lowest BCUT2D eigenvalue weighted by molar-refractivity contribution is 0.193. The smallest absolute Gasteiger partial charge is 0.320 e. The van der Waals surface area contributed by atoms with E-state index in [4.69, 9.17) is 16.3 Å². The number of halogens is 1. The molecule has 1 N–H and O–H groups in total. The van der Waals surface area contributed by atoms with E-state index in [1.54, 1.807) is 41.3 Å². The number of carbonyl (C=O) groups excluding carboxylic acids is 1. The van der Waals surface area contributed by atoms with Crippen molar-refractivity contribution in [2.75, 3.05) is 19.8 Å². The van der Waals surface area contributed by atoms with Gasteiger partial charge in [0.1, 0.15) is 5.75 Å². The van der Waals surface area contributed by atoms with E-state index in [0.29, 0.717) is 23.9 Å². The fraction of sp³-hybridized carbons (Fsp3) is 0.214. The molecule has 0 heterocycles. The van der Waals surface area contributed by atoms with E-state index in [0.717, 1.165) is 0 Å². The Kier molecular flexibility index (Phi) is 6.53. The lowest BCUT2D eigenvalue weighted by Crippen LogP contribution is -2.41. The van der Waals surface area contributed by atoms with Crippen LogP contribution in [-0.2, 0) is 0 Å². The lowest BCUT2D eigenvalue weighted by atomic mass is 10.3. The van der Waals surface area contributed by atoms with Crippen LogP contribution in [0.2, 0.25) is 5.02 Å². The SMILES string of the molecule is C=CCN(CC=C)C(=O)NCOc1ccc(Cl)cc1. The van der Waals surface area contributed by atoms with Crippen molar-refractivity contribution in [3.8, 4) is 5.75 Å². The number of carbonyl (C=O) groups is 1. The standard InChI is InChI=1S/C14H17ClN2O2/c1-3-9-17(10-4-2)14(18)16-11-19-13-7-5-12(15)6-8-13/h3-8H,1-2,9-11H2,(H,16,18). The van der Waals surface area contributed by atoms with Gasteiger partial charge >= 0.3 is 6.03 Å². The average molecular weight is 281 g/mol. The number of nitrogens with one attached hydrogen (secondary N) is 1. The molecular formula is C14H17ClN2O2. The van der Waals surface area contributed by atoms with Crippen LogP contribution in [-0.4, -0.2) is 30.8 Å². The first-order valence-corrected chi connectivity index (χ1v) is 6.18. The molecule has 0 aliphatic heterocycles. The molecule has 0 aliphatic rings. The fourth-order valence-electron chi connectivity index (χ4n) is 1.38. The van der Waals surface area contributed by atoms with E-state index in [1.807, 2.05) is 0 Å². The summed E-state index contributed by atoms with van der Waals surface area (Å²) in [7, 11) is 0. The highest BCUT2D eigenvalue weighted by Gasteiger charge is 2.09. The first kappa shape index (κ1) is 15.1. The van der Waals surface area contributed by atoms with Crippen molar-refractivity contribution in [1.82, 2.24) is 10.2 Å². The molecule has 0 unspecified atom stereocenters. The van der Waals surface area contributed by atoms with Crippen molar-refractivity contribution in [1.29, 1.82) is 0 Å². The molecule has 0 spiro atoms. The summed E-state index contributed by atoms with van der Waals surface area (Å²) in [5, 5.41) is 3.29. The van der Waals surface area contributed by atoms with Gasteiger partial charge in [0.2, 0.25) is 0 Å². The van der Waals surface area contributed by atoms with Crippen LogP contribution in [0.1, 0.15) is 0 Å². The number of hydrogen-bond donors (Lipinski definition) is 1. The minimum atomic E-state index is -0.228. The Morgan fingerprint density at radius 1 is 1.26 bits per heavy atom. The van der Waals surface area contributed by atoms with Gasteiger partial charge in [-0.2, -0.15) is 0 Å². The Hall–Kier alpha value is -1.94. The van der Waals surface area contributed by atoms with Crippen LogP contribution in [0.4, 0.5) is 4.79 Å². The maximum absolute atomic E-state index is 11.8. The van der Waals surface area contributed by atoms with Gasteiger partial charge in [-0.15, -0.1) is 13.2 Å². The van der Waals surface area contributed by atoms with E-state index in [2.05, 4.69) is 18.5 Å². The minimum absolute atomic E-state index is 0.0885. The van der Waals surface area contributed by atoms with Crippen LogP contribution in [0.3, 0.4) is 0 Å². The highest BCUT2D eigenvalue weighted by Crippen LogP contribution is 2.14. The second-order valence-corrected chi connectivity index (χ2v) is 4.14. The Labute approximate surface area is 118 Å². The summed E-state index contributed by atoms with van der Waals surface area (Å²) < 4.78 is 5.37. The molecule has 1 rings (SSSR count). The molecule has 0 radical (unpaired) electrons. The molecule has 0 bridgehead atoms. The van der Waals surface area contributed by atoms with Crippen LogP contribution >= 0.6 is 11.6 Å². The summed E-state index contributed by atoms with van der Waals surface area (Å²) in [4.78, 5) is 13.3. The zero-order valence-corrected chi connectivity index (χ0v) is 11.4. The molecule has 2 amide bonds. The predicted molar refractivity (Wildman–Crippen MR) is 77.4 cm³/mol. The number of rotatable bonds is 7. The van der Waals surface area contributed by atoms with E-state index in [1.165, 1.54) is 0 Å². The number of urea groups is 1. The molecule has 19 heavy (non-hydrogen) atoms. The third-order valence-corrected chi connectivity index (χ3v) is 2.51. The Bertz CT molecular complexity index is 422. The van der Waals surface area contributed by atoms with Crippen LogP contribution < -0.4 is 10.1 Å². The molecule has 0 atom stereocenters. The van der Waals surface area contributed by atoms with Gasteiger partial charge in [-0.05, 0) is 24.3 Å². The number of ether oxygens (including phenoxy) is 1. The summed E-state index contributed by atoms with van der Waals surface area (Å²) in [6.07, 6.45) is 3.31. The van der Waals surface area contributed by atoms with E-state index >= 15 is 0 Å². The molecule has 0 aromatic heterocycles. The van der Waals surface area contributed by atoms with Crippen molar-refractivity contribution in [2.24, 2.45) is 0 Å². The molecule has 0 fully saturated rings. The second-order valence-electron chi connectivity index (χ2n) is 3.71. The van der Waals surface area contributed by atoms with Gasteiger partial charge in [-0.25, -0.2) is 4.79 Å². The monoisotopic (exact) mass is 280 g/mol. The number of hydrogen-bond acceptors (Lipinski definition) is 2. The van der Waals surface area contributed by atoms with E-state index in [9.17, 15) is 4.79 Å². The highest BCUT2D eigenvalue weighted by molar-refractivity contribution is 6.30. The van der Waals surface area contributed by atoms with Gasteiger partial charge in [0.15, 0.2) is 6.73 Å². The van der Waals surface area contributed by atoms with Crippen molar-refractivity contribution in [3.63, 3.8) is 0 Å². The average Bonchev–Trinajstić information content (AvgIpc) is 2.40. The fourth-order valence-corrected chi connectivity index (χ4v) is 1.50. The number of benzene rings is 1. The summed E-state index contributed by atoms with van der Waals surface area (Å²) in [6.45, 7) is 8.21. The molecule has 102 valence electrons. The van der Waals surface area contributed by atoms with Crippen LogP contribution in [0, 0.1) is 0 Å². The van der Waals surface area contributed by atoms with Crippen LogP contribution in [0.25, 0.3) is 0 Å². The molecule has 5 heteroatoms. The quantitative estimate of drug-likeness (QED) is 0.616. The molecular weight excluding hydrogens is 264 g/mol. The zero-order valence-electron chi connectivity index (χ0n) is 10.6. The van der Waals surface area contributed by atoms with Crippen molar-refractivity contribution in [2.45, 2.75) is 0 Å². The molecule has 0 aliphatic carbocycles. The Morgan fingerprint density at radius 2 is 1.84 bits per heavy atom. The van der Waals surface area contributed by atoms with E-state index in [-0.39, 0.29) is 12.8 Å². The number of nitrogens with zero attached hydrogens (tertiary/aromatic N) is 1. The Balaban J connectivity index is 2.38. The molecule has 1 aromatic carbocycles. The van der Waals surface area contributed by atoms with Gasteiger partial charge in [0.05, 0.1) is 0 Å². The molecule has 0 saturated heterocycles. The minimum Gasteiger partial charge on any atom is -0.473 e. The first-order valence-electron chi connectivity index (χ1n) is 5.80. The van der Waals surface area contributed by atoms with Crippen molar-refractivity contribution < 1.29 is 9.53 Å². The molecule has 4 nitrogen and oxygen atoms in total. The van der Waals surface area contributed by atoms with Gasteiger partial charge < -0.3 is 15.0 Å².